The summed E-state index contributed by atoms with van der Waals surface area (Å²) in [6, 6.07) is 4.97. The van der Waals surface area contributed by atoms with E-state index in [1.807, 2.05) is 4.90 Å². The van der Waals surface area contributed by atoms with Gasteiger partial charge >= 0.3 is 0 Å². The molecule has 1 saturated heterocycles. The Morgan fingerprint density at radius 2 is 1.91 bits per heavy atom. The normalized spacial score (nSPS) is 16.0. The number of benzene rings is 1. The van der Waals surface area contributed by atoms with Crippen LogP contribution in [0.5, 0.6) is 0 Å². The summed E-state index contributed by atoms with van der Waals surface area (Å²) >= 11 is 0. The van der Waals surface area contributed by atoms with Gasteiger partial charge in [0.15, 0.2) is 0 Å². The molecule has 0 spiro atoms. The minimum atomic E-state index is -0.428. The third-order valence-corrected chi connectivity index (χ3v) is 3.76. The maximum atomic E-state index is 13.7. The Kier molecular flexibility index (Phi) is 4.15. The topological polar surface area (TPSA) is 52.2 Å². The molecule has 1 aromatic heterocycles. The highest BCUT2D eigenvalue weighted by Crippen LogP contribution is 2.16. The van der Waals surface area contributed by atoms with Crippen LogP contribution in [0.3, 0.4) is 0 Å². The monoisotopic (exact) mass is 306 g/mol. The summed E-state index contributed by atoms with van der Waals surface area (Å²) in [4.78, 5) is 22.0. The summed E-state index contributed by atoms with van der Waals surface area (Å²) < 4.78 is 26.8. The predicted molar refractivity (Wildman–Crippen MR) is 78.7 cm³/mol. The number of halogens is 2. The SMILES string of the molecule is O=c1cc(N2CCN(Cc3cc(F)ccc3F)CC2)nc[nH]1. The molecular weight excluding hydrogens is 290 g/mol. The van der Waals surface area contributed by atoms with Gasteiger partial charge in [0.25, 0.3) is 5.56 Å². The Morgan fingerprint density at radius 1 is 1.14 bits per heavy atom. The van der Waals surface area contributed by atoms with Crippen LogP contribution in [0.15, 0.2) is 35.4 Å². The third-order valence-electron chi connectivity index (χ3n) is 3.76. The van der Waals surface area contributed by atoms with E-state index in [9.17, 15) is 13.6 Å². The minimum absolute atomic E-state index is 0.186. The first kappa shape index (κ1) is 14.6. The minimum Gasteiger partial charge on any atom is -0.354 e. The Balaban J connectivity index is 1.62. The van der Waals surface area contributed by atoms with Crippen LogP contribution in [0.4, 0.5) is 14.6 Å². The molecule has 0 atom stereocenters. The zero-order valence-corrected chi connectivity index (χ0v) is 11.9. The molecular formula is C15H16F2N4O. The molecule has 1 aromatic carbocycles. The van der Waals surface area contributed by atoms with Gasteiger partial charge in [0.1, 0.15) is 17.5 Å². The predicted octanol–water partition coefficient (Wildman–Crippen LogP) is 1.37. The largest absolute Gasteiger partial charge is 0.354 e. The van der Waals surface area contributed by atoms with E-state index in [0.29, 0.717) is 44.1 Å². The lowest BCUT2D eigenvalue weighted by Crippen LogP contribution is -2.46. The fourth-order valence-electron chi connectivity index (χ4n) is 2.57. The Bertz CT molecular complexity index is 711. The van der Waals surface area contributed by atoms with Gasteiger partial charge in [0.2, 0.25) is 0 Å². The summed E-state index contributed by atoms with van der Waals surface area (Å²) in [6.45, 7) is 3.15. The van der Waals surface area contributed by atoms with Crippen molar-refractivity contribution < 1.29 is 8.78 Å². The van der Waals surface area contributed by atoms with E-state index in [2.05, 4.69) is 14.9 Å². The van der Waals surface area contributed by atoms with E-state index in [1.54, 1.807) is 0 Å². The van der Waals surface area contributed by atoms with Crippen molar-refractivity contribution in [3.05, 3.63) is 58.1 Å². The van der Waals surface area contributed by atoms with Crippen molar-refractivity contribution in [1.29, 1.82) is 0 Å². The molecule has 0 radical (unpaired) electrons. The molecule has 0 aliphatic carbocycles. The van der Waals surface area contributed by atoms with Crippen molar-refractivity contribution in [3.63, 3.8) is 0 Å². The van der Waals surface area contributed by atoms with Crippen LogP contribution in [0.25, 0.3) is 0 Å². The van der Waals surface area contributed by atoms with E-state index in [0.717, 1.165) is 12.1 Å². The number of anilines is 1. The molecule has 7 heteroatoms. The molecule has 1 N–H and O–H groups in total. The lowest BCUT2D eigenvalue weighted by Gasteiger charge is -2.35. The molecule has 2 aromatic rings. The van der Waals surface area contributed by atoms with Crippen molar-refractivity contribution in [2.75, 3.05) is 31.1 Å². The van der Waals surface area contributed by atoms with Crippen LogP contribution in [0.2, 0.25) is 0 Å². The Hall–Kier alpha value is -2.28. The molecule has 5 nitrogen and oxygen atoms in total. The molecule has 0 bridgehead atoms. The van der Waals surface area contributed by atoms with Crippen LogP contribution in [-0.2, 0) is 6.54 Å². The van der Waals surface area contributed by atoms with Crippen LogP contribution in [0.1, 0.15) is 5.56 Å². The number of hydrogen-bond acceptors (Lipinski definition) is 4. The maximum Gasteiger partial charge on any atom is 0.252 e. The number of hydrogen-bond donors (Lipinski definition) is 1. The summed E-state index contributed by atoms with van der Waals surface area (Å²) in [5.74, 6) is -0.178. The number of nitrogens with one attached hydrogen (secondary N) is 1. The molecule has 116 valence electrons. The maximum absolute atomic E-state index is 13.7. The number of aromatic nitrogens is 2. The van der Waals surface area contributed by atoms with Crippen molar-refractivity contribution in [1.82, 2.24) is 14.9 Å². The van der Waals surface area contributed by atoms with Crippen molar-refractivity contribution in [3.8, 4) is 0 Å². The average Bonchev–Trinajstić information content (AvgIpc) is 2.52. The van der Waals surface area contributed by atoms with Gasteiger partial charge in [0.05, 0.1) is 6.33 Å². The zero-order valence-electron chi connectivity index (χ0n) is 11.9. The Labute approximate surface area is 126 Å². The van der Waals surface area contributed by atoms with Gasteiger partial charge in [0, 0.05) is 44.4 Å². The Morgan fingerprint density at radius 3 is 2.64 bits per heavy atom. The number of aromatic amines is 1. The lowest BCUT2D eigenvalue weighted by atomic mass is 10.1. The number of rotatable bonds is 3. The highest BCUT2D eigenvalue weighted by Gasteiger charge is 2.19. The van der Waals surface area contributed by atoms with E-state index < -0.39 is 5.82 Å². The first-order valence-corrected chi connectivity index (χ1v) is 7.08. The molecule has 2 heterocycles. The fourth-order valence-corrected chi connectivity index (χ4v) is 2.57. The summed E-state index contributed by atoms with van der Waals surface area (Å²) in [6.07, 6.45) is 1.38. The smallest absolute Gasteiger partial charge is 0.252 e. The second-order valence-electron chi connectivity index (χ2n) is 5.27. The summed E-state index contributed by atoms with van der Waals surface area (Å²) in [5.41, 5.74) is 0.178. The van der Waals surface area contributed by atoms with E-state index in [4.69, 9.17) is 0 Å². The van der Waals surface area contributed by atoms with Crippen molar-refractivity contribution >= 4 is 5.82 Å². The second-order valence-corrected chi connectivity index (χ2v) is 5.27. The molecule has 1 aliphatic rings. The quantitative estimate of drug-likeness (QED) is 0.930. The average molecular weight is 306 g/mol. The first-order chi connectivity index (χ1) is 10.6. The molecule has 0 saturated carbocycles. The van der Waals surface area contributed by atoms with Gasteiger partial charge in [-0.25, -0.2) is 13.8 Å². The van der Waals surface area contributed by atoms with Crippen molar-refractivity contribution in [2.24, 2.45) is 0 Å². The standard InChI is InChI=1S/C15H16F2N4O/c16-12-1-2-13(17)11(7-12)9-20-3-5-21(6-4-20)14-8-15(22)19-10-18-14/h1-2,7-8,10H,3-6,9H2,(H,18,19,22). The molecule has 0 amide bonds. The molecule has 22 heavy (non-hydrogen) atoms. The molecule has 1 fully saturated rings. The van der Waals surface area contributed by atoms with Crippen LogP contribution >= 0.6 is 0 Å². The summed E-state index contributed by atoms with van der Waals surface area (Å²) in [7, 11) is 0. The molecule has 3 rings (SSSR count). The number of piperazine rings is 1. The third kappa shape index (κ3) is 3.30. The van der Waals surface area contributed by atoms with Gasteiger partial charge in [-0.15, -0.1) is 0 Å². The highest BCUT2D eigenvalue weighted by atomic mass is 19.1. The fraction of sp³-hybridized carbons (Fsp3) is 0.333. The van der Waals surface area contributed by atoms with E-state index >= 15 is 0 Å². The van der Waals surface area contributed by atoms with Gasteiger partial charge in [-0.1, -0.05) is 0 Å². The number of nitrogens with zero attached hydrogens (tertiary/aromatic N) is 3. The first-order valence-electron chi connectivity index (χ1n) is 7.08. The van der Waals surface area contributed by atoms with E-state index in [1.165, 1.54) is 18.5 Å². The van der Waals surface area contributed by atoms with Gasteiger partial charge < -0.3 is 9.88 Å². The van der Waals surface area contributed by atoms with Crippen LogP contribution in [0, 0.1) is 11.6 Å². The summed E-state index contributed by atoms with van der Waals surface area (Å²) in [5, 5.41) is 0. The molecule has 1 aliphatic heterocycles. The van der Waals surface area contributed by atoms with Crippen LogP contribution < -0.4 is 10.5 Å². The number of H-pyrrole nitrogens is 1. The zero-order chi connectivity index (χ0) is 15.5. The van der Waals surface area contributed by atoms with Gasteiger partial charge in [-0.3, -0.25) is 9.69 Å². The highest BCUT2D eigenvalue weighted by molar-refractivity contribution is 5.37. The van der Waals surface area contributed by atoms with Crippen molar-refractivity contribution in [2.45, 2.75) is 6.54 Å². The van der Waals surface area contributed by atoms with E-state index in [-0.39, 0.29) is 11.4 Å². The van der Waals surface area contributed by atoms with Gasteiger partial charge in [-0.2, -0.15) is 0 Å². The lowest BCUT2D eigenvalue weighted by molar-refractivity contribution is 0.245. The molecule has 0 unspecified atom stereocenters. The van der Waals surface area contributed by atoms with Crippen LogP contribution in [-0.4, -0.2) is 41.0 Å². The van der Waals surface area contributed by atoms with Gasteiger partial charge in [-0.05, 0) is 18.2 Å². The second kappa shape index (κ2) is 6.23.